The van der Waals surface area contributed by atoms with Crippen molar-refractivity contribution in [1.82, 2.24) is 9.97 Å². The van der Waals surface area contributed by atoms with Crippen LogP contribution in [0, 0.1) is 5.41 Å². The van der Waals surface area contributed by atoms with E-state index in [0.717, 1.165) is 18.9 Å². The SMILES string of the molecule is NC1CCCC12CCN(c1cnc[nH]1)CC2. The Kier molecular flexibility index (Phi) is 2.39. The molecule has 1 aliphatic heterocycles. The van der Waals surface area contributed by atoms with Gasteiger partial charge in [0.1, 0.15) is 5.82 Å². The predicted molar refractivity (Wildman–Crippen MR) is 64.3 cm³/mol. The van der Waals surface area contributed by atoms with Gasteiger partial charge in [-0.05, 0) is 31.1 Å². The molecule has 3 rings (SSSR count). The second kappa shape index (κ2) is 3.77. The standard InChI is InChI=1S/C12H20N4/c13-10-2-1-3-12(10)4-6-16(7-5-12)11-8-14-9-15-11/h8-10H,1-7,13H2,(H,14,15). The molecule has 2 fully saturated rings. The Morgan fingerprint density at radius 3 is 2.75 bits per heavy atom. The summed E-state index contributed by atoms with van der Waals surface area (Å²) in [6.45, 7) is 2.24. The quantitative estimate of drug-likeness (QED) is 0.754. The molecule has 0 aromatic carbocycles. The lowest BCUT2D eigenvalue weighted by Gasteiger charge is -2.42. The first-order valence-corrected chi connectivity index (χ1v) is 6.29. The Morgan fingerprint density at radius 2 is 2.19 bits per heavy atom. The number of anilines is 1. The van der Waals surface area contributed by atoms with Crippen LogP contribution < -0.4 is 10.6 Å². The molecule has 4 nitrogen and oxygen atoms in total. The van der Waals surface area contributed by atoms with Gasteiger partial charge < -0.3 is 15.6 Å². The molecule has 1 atom stereocenters. The summed E-state index contributed by atoms with van der Waals surface area (Å²) in [5.41, 5.74) is 6.72. The zero-order valence-electron chi connectivity index (χ0n) is 9.65. The van der Waals surface area contributed by atoms with Crippen LogP contribution in [0.2, 0.25) is 0 Å². The number of hydrogen-bond donors (Lipinski definition) is 2. The molecule has 2 heterocycles. The summed E-state index contributed by atoms with van der Waals surface area (Å²) in [5.74, 6) is 1.15. The molecule has 3 N–H and O–H groups in total. The van der Waals surface area contributed by atoms with Crippen LogP contribution >= 0.6 is 0 Å². The first-order chi connectivity index (χ1) is 7.80. The summed E-state index contributed by atoms with van der Waals surface area (Å²) < 4.78 is 0. The highest BCUT2D eigenvalue weighted by Crippen LogP contribution is 2.45. The van der Waals surface area contributed by atoms with Crippen molar-refractivity contribution in [3.8, 4) is 0 Å². The molecule has 0 bridgehead atoms. The Balaban J connectivity index is 1.68. The van der Waals surface area contributed by atoms with Gasteiger partial charge in [0, 0.05) is 19.1 Å². The van der Waals surface area contributed by atoms with Gasteiger partial charge in [0.05, 0.1) is 12.5 Å². The number of aromatic nitrogens is 2. The van der Waals surface area contributed by atoms with Gasteiger partial charge in [-0.15, -0.1) is 0 Å². The van der Waals surface area contributed by atoms with Crippen molar-refractivity contribution in [3.63, 3.8) is 0 Å². The van der Waals surface area contributed by atoms with Crippen LogP contribution in [-0.4, -0.2) is 29.1 Å². The fraction of sp³-hybridized carbons (Fsp3) is 0.750. The van der Waals surface area contributed by atoms with Crippen LogP contribution in [0.25, 0.3) is 0 Å². The molecule has 0 radical (unpaired) electrons. The first kappa shape index (κ1) is 10.1. The average Bonchev–Trinajstić information content (AvgIpc) is 2.92. The molecule has 0 amide bonds. The monoisotopic (exact) mass is 220 g/mol. The fourth-order valence-corrected chi connectivity index (χ4v) is 3.40. The minimum atomic E-state index is 0.441. The minimum Gasteiger partial charge on any atom is -0.357 e. The second-order valence-corrected chi connectivity index (χ2v) is 5.28. The molecule has 2 aliphatic rings. The lowest BCUT2D eigenvalue weighted by atomic mass is 9.74. The van der Waals surface area contributed by atoms with Crippen molar-refractivity contribution in [2.24, 2.45) is 11.1 Å². The van der Waals surface area contributed by atoms with E-state index in [9.17, 15) is 0 Å². The van der Waals surface area contributed by atoms with E-state index >= 15 is 0 Å². The molecule has 1 aromatic rings. The predicted octanol–water partition coefficient (Wildman–Crippen LogP) is 1.51. The van der Waals surface area contributed by atoms with Gasteiger partial charge in [0.2, 0.25) is 0 Å². The summed E-state index contributed by atoms with van der Waals surface area (Å²) in [5, 5.41) is 0. The summed E-state index contributed by atoms with van der Waals surface area (Å²) in [7, 11) is 0. The molecule has 1 spiro atoms. The van der Waals surface area contributed by atoms with E-state index < -0.39 is 0 Å². The molecule has 1 aliphatic carbocycles. The van der Waals surface area contributed by atoms with E-state index in [2.05, 4.69) is 14.9 Å². The van der Waals surface area contributed by atoms with Crippen LogP contribution in [0.5, 0.6) is 0 Å². The largest absolute Gasteiger partial charge is 0.357 e. The lowest BCUT2D eigenvalue weighted by molar-refractivity contribution is 0.197. The van der Waals surface area contributed by atoms with Gasteiger partial charge in [-0.2, -0.15) is 0 Å². The van der Waals surface area contributed by atoms with Crippen LogP contribution in [0.3, 0.4) is 0 Å². The van der Waals surface area contributed by atoms with E-state index in [-0.39, 0.29) is 0 Å². The third-order valence-electron chi connectivity index (χ3n) is 4.56. The maximum Gasteiger partial charge on any atom is 0.125 e. The van der Waals surface area contributed by atoms with Crippen LogP contribution in [0.15, 0.2) is 12.5 Å². The fourth-order valence-electron chi connectivity index (χ4n) is 3.40. The highest BCUT2D eigenvalue weighted by Gasteiger charge is 2.42. The van der Waals surface area contributed by atoms with E-state index in [1.54, 1.807) is 6.33 Å². The van der Waals surface area contributed by atoms with Gasteiger partial charge in [0.15, 0.2) is 0 Å². The Morgan fingerprint density at radius 1 is 1.38 bits per heavy atom. The first-order valence-electron chi connectivity index (χ1n) is 6.29. The van der Waals surface area contributed by atoms with Crippen LogP contribution in [-0.2, 0) is 0 Å². The summed E-state index contributed by atoms with van der Waals surface area (Å²) >= 11 is 0. The number of H-pyrrole nitrogens is 1. The summed E-state index contributed by atoms with van der Waals surface area (Å²) in [6, 6.07) is 0.441. The number of aromatic amines is 1. The number of rotatable bonds is 1. The lowest BCUT2D eigenvalue weighted by Crippen LogP contribution is -2.47. The van der Waals surface area contributed by atoms with Crippen molar-refractivity contribution in [2.75, 3.05) is 18.0 Å². The third kappa shape index (κ3) is 1.52. The molecule has 1 saturated heterocycles. The summed E-state index contributed by atoms with van der Waals surface area (Å²) in [4.78, 5) is 9.65. The average molecular weight is 220 g/mol. The third-order valence-corrected chi connectivity index (χ3v) is 4.56. The Hall–Kier alpha value is -1.03. The second-order valence-electron chi connectivity index (χ2n) is 5.28. The number of nitrogens with one attached hydrogen (secondary N) is 1. The zero-order valence-corrected chi connectivity index (χ0v) is 9.65. The molecular formula is C12H20N4. The van der Waals surface area contributed by atoms with Crippen LogP contribution in [0.4, 0.5) is 5.82 Å². The maximum absolute atomic E-state index is 6.27. The molecule has 1 unspecified atom stereocenters. The van der Waals surface area contributed by atoms with Gasteiger partial charge in [0.25, 0.3) is 0 Å². The highest BCUT2D eigenvalue weighted by molar-refractivity contribution is 5.36. The van der Waals surface area contributed by atoms with E-state index in [4.69, 9.17) is 5.73 Å². The molecule has 4 heteroatoms. The van der Waals surface area contributed by atoms with Gasteiger partial charge in [-0.25, -0.2) is 4.98 Å². The molecule has 1 saturated carbocycles. The van der Waals surface area contributed by atoms with Crippen molar-refractivity contribution >= 4 is 5.82 Å². The van der Waals surface area contributed by atoms with E-state index in [1.807, 2.05) is 6.20 Å². The van der Waals surface area contributed by atoms with Crippen molar-refractivity contribution in [3.05, 3.63) is 12.5 Å². The minimum absolute atomic E-state index is 0.441. The zero-order chi connectivity index (χ0) is 11.0. The molecule has 1 aromatic heterocycles. The normalized spacial score (nSPS) is 28.8. The number of hydrogen-bond acceptors (Lipinski definition) is 3. The van der Waals surface area contributed by atoms with Crippen molar-refractivity contribution in [1.29, 1.82) is 0 Å². The maximum atomic E-state index is 6.27. The molecular weight excluding hydrogens is 200 g/mol. The number of imidazole rings is 1. The Labute approximate surface area is 96.2 Å². The summed E-state index contributed by atoms with van der Waals surface area (Å²) in [6.07, 6.45) is 10.0. The Bertz CT molecular complexity index is 338. The highest BCUT2D eigenvalue weighted by atomic mass is 15.2. The van der Waals surface area contributed by atoms with E-state index in [1.165, 1.54) is 32.1 Å². The van der Waals surface area contributed by atoms with Gasteiger partial charge >= 0.3 is 0 Å². The van der Waals surface area contributed by atoms with Gasteiger partial charge in [-0.3, -0.25) is 0 Å². The number of nitrogens with two attached hydrogens (primary N) is 1. The molecule has 88 valence electrons. The van der Waals surface area contributed by atoms with Crippen molar-refractivity contribution in [2.45, 2.75) is 38.1 Å². The number of nitrogens with zero attached hydrogens (tertiary/aromatic N) is 2. The van der Waals surface area contributed by atoms with Crippen LogP contribution in [0.1, 0.15) is 32.1 Å². The topological polar surface area (TPSA) is 57.9 Å². The van der Waals surface area contributed by atoms with E-state index in [0.29, 0.717) is 11.5 Å². The number of piperidine rings is 1. The van der Waals surface area contributed by atoms with Crippen molar-refractivity contribution < 1.29 is 0 Å². The smallest absolute Gasteiger partial charge is 0.125 e. The van der Waals surface area contributed by atoms with Gasteiger partial charge in [-0.1, -0.05) is 6.42 Å². The molecule has 16 heavy (non-hydrogen) atoms.